The van der Waals surface area contributed by atoms with Crippen LogP contribution in [0, 0.1) is 0 Å². The Hall–Kier alpha value is -4.92. The highest BCUT2D eigenvalue weighted by molar-refractivity contribution is 6.31. The number of rotatable bonds is 10. The van der Waals surface area contributed by atoms with E-state index in [9.17, 15) is 9.59 Å². The minimum absolute atomic E-state index is 0.192. The van der Waals surface area contributed by atoms with E-state index in [1.165, 1.54) is 47.2 Å². The molecule has 1 heterocycles. The Balaban J connectivity index is 1.81. The normalized spacial score (nSPS) is 10.6. The summed E-state index contributed by atoms with van der Waals surface area (Å²) in [7, 11) is 8.89. The van der Waals surface area contributed by atoms with E-state index in [1.807, 2.05) is 18.2 Å². The van der Waals surface area contributed by atoms with Crippen molar-refractivity contribution in [2.45, 2.75) is 0 Å². The van der Waals surface area contributed by atoms with Gasteiger partial charge in [0.25, 0.3) is 5.91 Å². The van der Waals surface area contributed by atoms with Crippen LogP contribution in [0.15, 0.2) is 61.3 Å². The van der Waals surface area contributed by atoms with Crippen LogP contribution in [0.25, 0.3) is 16.5 Å². The highest BCUT2D eigenvalue weighted by atomic mass is 16.5. The molecule has 9 heteroatoms. The molecule has 0 saturated carbocycles. The minimum Gasteiger partial charge on any atom is -0.493 e. The molecule has 0 fully saturated rings. The molecule has 9 nitrogen and oxygen atoms in total. The molecule has 0 N–H and O–H groups in total. The van der Waals surface area contributed by atoms with Crippen LogP contribution in [0.2, 0.25) is 0 Å². The maximum Gasteiger partial charge on any atom is 0.262 e. The van der Waals surface area contributed by atoms with Crippen LogP contribution in [0.5, 0.6) is 34.5 Å². The third-order valence-electron chi connectivity index (χ3n) is 6.37. The molecular formula is C30H29NO8. The Labute approximate surface area is 226 Å². The van der Waals surface area contributed by atoms with Gasteiger partial charge in [0.15, 0.2) is 28.8 Å². The Bertz CT molecular complexity index is 1530. The molecule has 0 amide bonds. The van der Waals surface area contributed by atoms with Crippen molar-refractivity contribution in [3.63, 3.8) is 0 Å². The van der Waals surface area contributed by atoms with E-state index < -0.39 is 0 Å². The maximum absolute atomic E-state index is 13.8. The van der Waals surface area contributed by atoms with Gasteiger partial charge in [0.2, 0.25) is 11.5 Å². The van der Waals surface area contributed by atoms with E-state index in [0.29, 0.717) is 62.1 Å². The average Bonchev–Trinajstić information content (AvgIpc) is 3.37. The lowest BCUT2D eigenvalue weighted by molar-refractivity contribution is 0.0963. The largest absolute Gasteiger partial charge is 0.493 e. The predicted octanol–water partition coefficient (Wildman–Crippen LogP) is 5.28. The van der Waals surface area contributed by atoms with Crippen LogP contribution in [-0.4, -0.2) is 58.9 Å². The quantitative estimate of drug-likeness (QED) is 0.202. The van der Waals surface area contributed by atoms with Crippen LogP contribution in [-0.2, 0) is 0 Å². The number of carbonyl (C=O) groups is 2. The summed E-state index contributed by atoms with van der Waals surface area (Å²) in [5.41, 5.74) is 1.90. The minimum atomic E-state index is -0.364. The number of Topliss-reactive ketones (excluding diaryl/α,β-unsaturated/α-hetero) is 1. The van der Waals surface area contributed by atoms with Crippen molar-refractivity contribution in [2.24, 2.45) is 0 Å². The molecule has 202 valence electrons. The molecule has 0 aliphatic heterocycles. The zero-order valence-electron chi connectivity index (χ0n) is 22.6. The van der Waals surface area contributed by atoms with E-state index in [4.69, 9.17) is 28.4 Å². The fraction of sp³-hybridized carbons (Fsp3) is 0.200. The second kappa shape index (κ2) is 11.2. The van der Waals surface area contributed by atoms with Gasteiger partial charge < -0.3 is 28.4 Å². The molecule has 4 aromatic rings. The number of fused-ring (bicyclic) bond motifs is 1. The van der Waals surface area contributed by atoms with Gasteiger partial charge in [-0.3, -0.25) is 14.2 Å². The first-order chi connectivity index (χ1) is 18.8. The fourth-order valence-electron chi connectivity index (χ4n) is 4.44. The molecule has 0 radical (unpaired) electrons. The first-order valence-corrected chi connectivity index (χ1v) is 11.8. The predicted molar refractivity (Wildman–Crippen MR) is 147 cm³/mol. The van der Waals surface area contributed by atoms with Gasteiger partial charge in [0, 0.05) is 33.8 Å². The lowest BCUT2D eigenvalue weighted by Gasteiger charge is -2.14. The molecular weight excluding hydrogens is 502 g/mol. The summed E-state index contributed by atoms with van der Waals surface area (Å²) in [6.07, 6.45) is 1.61. The van der Waals surface area contributed by atoms with Gasteiger partial charge in [-0.2, -0.15) is 0 Å². The Kier molecular flexibility index (Phi) is 7.80. The Morgan fingerprint density at radius 1 is 0.667 bits per heavy atom. The topological polar surface area (TPSA) is 94.5 Å². The number of benzene rings is 3. The molecule has 0 saturated heterocycles. The van der Waals surface area contributed by atoms with Gasteiger partial charge in [-0.25, -0.2) is 0 Å². The number of methoxy groups -OCH3 is 6. The van der Waals surface area contributed by atoms with E-state index >= 15 is 0 Å². The van der Waals surface area contributed by atoms with Gasteiger partial charge in [-0.05, 0) is 30.3 Å². The zero-order valence-corrected chi connectivity index (χ0v) is 22.6. The van der Waals surface area contributed by atoms with Gasteiger partial charge in [-0.1, -0.05) is 24.8 Å². The maximum atomic E-state index is 13.8. The highest BCUT2D eigenvalue weighted by Gasteiger charge is 2.24. The molecule has 3 aromatic carbocycles. The lowest BCUT2D eigenvalue weighted by atomic mass is 9.97. The number of aromatic nitrogens is 1. The molecule has 0 spiro atoms. The molecule has 0 bridgehead atoms. The van der Waals surface area contributed by atoms with Gasteiger partial charge in [-0.15, -0.1) is 0 Å². The monoisotopic (exact) mass is 531 g/mol. The summed E-state index contributed by atoms with van der Waals surface area (Å²) in [6.45, 7) is 4.08. The number of carbonyl (C=O) groups excluding carboxylic acids is 2. The first kappa shape index (κ1) is 27.1. The van der Waals surface area contributed by atoms with E-state index in [0.717, 1.165) is 0 Å². The van der Waals surface area contributed by atoms with Crippen LogP contribution in [0.4, 0.5) is 0 Å². The van der Waals surface area contributed by atoms with E-state index in [2.05, 4.69) is 6.58 Å². The van der Waals surface area contributed by atoms with Crippen molar-refractivity contribution in [3.05, 3.63) is 78.0 Å². The van der Waals surface area contributed by atoms with Crippen molar-refractivity contribution in [2.75, 3.05) is 42.7 Å². The standard InChI is InChI=1S/C30H29NO8/c1-17(27(32)18-12-23(34-2)28(38-6)24(13-18)35-3)21-16-31(22-11-9-8-10-20(21)22)30(33)19-14-25(36-4)29(39-7)26(15-19)37-5/h8-16H,1H2,2-7H3. The summed E-state index contributed by atoms with van der Waals surface area (Å²) in [4.78, 5) is 27.4. The Morgan fingerprint density at radius 2 is 1.13 bits per heavy atom. The second-order valence-corrected chi connectivity index (χ2v) is 8.37. The third kappa shape index (κ3) is 4.74. The summed E-state index contributed by atoms with van der Waals surface area (Å²) >= 11 is 0. The first-order valence-electron chi connectivity index (χ1n) is 11.8. The highest BCUT2D eigenvalue weighted by Crippen LogP contribution is 2.41. The number of hydrogen-bond acceptors (Lipinski definition) is 8. The number of hydrogen-bond donors (Lipinski definition) is 0. The summed E-state index contributed by atoms with van der Waals surface area (Å²) < 4.78 is 33.8. The SMILES string of the molecule is C=C(C(=O)c1cc(OC)c(OC)c(OC)c1)c1cn(C(=O)c2cc(OC)c(OC)c(OC)c2)c2ccccc12. The number of allylic oxidation sites excluding steroid dienone is 1. The number of ether oxygens (including phenoxy) is 6. The zero-order chi connectivity index (χ0) is 28.3. The average molecular weight is 532 g/mol. The van der Waals surface area contributed by atoms with Crippen LogP contribution < -0.4 is 28.4 Å². The second-order valence-electron chi connectivity index (χ2n) is 8.37. The van der Waals surface area contributed by atoms with Crippen LogP contribution >= 0.6 is 0 Å². The number of para-hydroxylation sites is 1. The van der Waals surface area contributed by atoms with Crippen molar-refractivity contribution in [3.8, 4) is 34.5 Å². The van der Waals surface area contributed by atoms with E-state index in [1.54, 1.807) is 36.5 Å². The molecule has 4 rings (SSSR count). The lowest BCUT2D eigenvalue weighted by Crippen LogP contribution is -2.12. The summed E-state index contributed by atoms with van der Waals surface area (Å²) in [5.74, 6) is 1.40. The molecule has 0 unspecified atom stereocenters. The van der Waals surface area contributed by atoms with Crippen molar-refractivity contribution in [1.29, 1.82) is 0 Å². The molecule has 0 aliphatic carbocycles. The van der Waals surface area contributed by atoms with Gasteiger partial charge in [0.1, 0.15) is 0 Å². The van der Waals surface area contributed by atoms with Crippen LogP contribution in [0.1, 0.15) is 26.3 Å². The van der Waals surface area contributed by atoms with Crippen molar-refractivity contribution >= 4 is 28.2 Å². The van der Waals surface area contributed by atoms with Crippen molar-refractivity contribution in [1.82, 2.24) is 4.57 Å². The molecule has 1 aromatic heterocycles. The van der Waals surface area contributed by atoms with E-state index in [-0.39, 0.29) is 17.3 Å². The molecule has 0 atom stereocenters. The number of nitrogens with zero attached hydrogens (tertiary/aromatic N) is 1. The van der Waals surface area contributed by atoms with Gasteiger partial charge >= 0.3 is 0 Å². The molecule has 39 heavy (non-hydrogen) atoms. The van der Waals surface area contributed by atoms with Crippen molar-refractivity contribution < 1.29 is 38.0 Å². The summed E-state index contributed by atoms with van der Waals surface area (Å²) in [6, 6.07) is 13.6. The molecule has 0 aliphatic rings. The van der Waals surface area contributed by atoms with Gasteiger partial charge in [0.05, 0.1) is 48.2 Å². The van der Waals surface area contributed by atoms with Crippen LogP contribution in [0.3, 0.4) is 0 Å². The fourth-order valence-corrected chi connectivity index (χ4v) is 4.44. The third-order valence-corrected chi connectivity index (χ3v) is 6.37. The number of ketones is 1. The Morgan fingerprint density at radius 3 is 1.59 bits per heavy atom. The summed E-state index contributed by atoms with van der Waals surface area (Å²) in [5, 5.41) is 0.684. The smallest absolute Gasteiger partial charge is 0.262 e.